The van der Waals surface area contributed by atoms with Crippen LogP contribution >= 0.6 is 11.3 Å². The summed E-state index contributed by atoms with van der Waals surface area (Å²) < 4.78 is 2.40. The molecule has 0 fully saturated rings. The third-order valence-electron chi connectivity index (χ3n) is 3.05. The maximum absolute atomic E-state index is 2.40. The highest BCUT2D eigenvalue weighted by Gasteiger charge is 2.10. The van der Waals surface area contributed by atoms with Crippen LogP contribution < -0.4 is 4.57 Å². The van der Waals surface area contributed by atoms with Crippen molar-refractivity contribution in [3.05, 3.63) is 16.1 Å². The Morgan fingerprint density at radius 2 is 1.73 bits per heavy atom. The molecule has 0 radical (unpaired) electrons. The largest absolute Gasteiger partial charge is 0.225 e. The van der Waals surface area contributed by atoms with Gasteiger partial charge in [0.15, 0.2) is 5.69 Å². The fraction of sp³-hybridized carbons (Fsp3) is 0.769. The summed E-state index contributed by atoms with van der Waals surface area (Å²) in [5.74, 6) is 0. The zero-order valence-electron chi connectivity index (χ0n) is 10.4. The Morgan fingerprint density at radius 3 is 2.33 bits per heavy atom. The third kappa shape index (κ3) is 4.33. The fourth-order valence-corrected chi connectivity index (χ4v) is 2.63. The van der Waals surface area contributed by atoms with Crippen molar-refractivity contribution in [3.8, 4) is 0 Å². The van der Waals surface area contributed by atoms with Crippen LogP contribution in [-0.4, -0.2) is 0 Å². The molecule has 0 saturated carbocycles. The number of hydrogen-bond acceptors (Lipinski definition) is 1. The van der Waals surface area contributed by atoms with E-state index < -0.39 is 0 Å². The number of aromatic nitrogens is 1. The van der Waals surface area contributed by atoms with Crippen molar-refractivity contribution in [2.75, 3.05) is 0 Å². The summed E-state index contributed by atoms with van der Waals surface area (Å²) in [6.45, 7) is 7.91. The third-order valence-corrected chi connectivity index (χ3v) is 4.06. The molecule has 0 saturated heterocycles. The summed E-state index contributed by atoms with van der Waals surface area (Å²) in [5.41, 5.74) is 3.71. The van der Waals surface area contributed by atoms with Gasteiger partial charge in [-0.15, -0.1) is 0 Å². The Morgan fingerprint density at radius 1 is 1.07 bits per heavy atom. The quantitative estimate of drug-likeness (QED) is 0.488. The van der Waals surface area contributed by atoms with Crippen LogP contribution in [0.1, 0.15) is 56.0 Å². The highest BCUT2D eigenvalue weighted by atomic mass is 32.1. The van der Waals surface area contributed by atoms with E-state index >= 15 is 0 Å². The van der Waals surface area contributed by atoms with Crippen LogP contribution in [0.3, 0.4) is 0 Å². The van der Waals surface area contributed by atoms with E-state index in [0.29, 0.717) is 0 Å². The fourth-order valence-electron chi connectivity index (χ4n) is 1.79. The molecule has 0 bridgehead atoms. The summed E-state index contributed by atoms with van der Waals surface area (Å²) in [5, 5.41) is 0. The standard InChI is InChI=1S/C13H24NS/c1-4-5-6-7-8-9-10-14-11-15-13(3)12(14)2/h11H,4-10H2,1-3H3/q+1. The molecule has 86 valence electrons. The van der Waals surface area contributed by atoms with Gasteiger partial charge in [0.1, 0.15) is 6.54 Å². The number of rotatable bonds is 7. The molecule has 0 aliphatic carbocycles. The van der Waals surface area contributed by atoms with Crippen molar-refractivity contribution in [2.45, 2.75) is 65.8 Å². The smallest absolute Gasteiger partial charge is 0.193 e. The van der Waals surface area contributed by atoms with Crippen LogP contribution in [0.5, 0.6) is 0 Å². The molecule has 1 nitrogen and oxygen atoms in total. The molecule has 1 aromatic heterocycles. The Labute approximate surface area is 98.2 Å². The summed E-state index contributed by atoms with van der Waals surface area (Å²) in [6, 6.07) is 0. The first-order valence-corrected chi connectivity index (χ1v) is 7.07. The lowest BCUT2D eigenvalue weighted by molar-refractivity contribution is -0.698. The first-order valence-electron chi connectivity index (χ1n) is 6.19. The summed E-state index contributed by atoms with van der Waals surface area (Å²) in [7, 11) is 0. The highest BCUT2D eigenvalue weighted by molar-refractivity contribution is 7.09. The zero-order chi connectivity index (χ0) is 11.1. The molecule has 1 rings (SSSR count). The molecule has 0 amide bonds. The van der Waals surface area contributed by atoms with Gasteiger partial charge in [0.05, 0.1) is 4.88 Å². The average molecular weight is 226 g/mol. The lowest BCUT2D eigenvalue weighted by Gasteiger charge is -1.98. The van der Waals surface area contributed by atoms with E-state index in [4.69, 9.17) is 0 Å². The molecular formula is C13H24NS+. The van der Waals surface area contributed by atoms with Crippen LogP contribution in [-0.2, 0) is 6.54 Å². The maximum Gasteiger partial charge on any atom is 0.225 e. The van der Waals surface area contributed by atoms with Crippen molar-refractivity contribution in [1.82, 2.24) is 0 Å². The van der Waals surface area contributed by atoms with Gasteiger partial charge in [-0.2, -0.15) is 4.57 Å². The molecule has 2 heteroatoms. The van der Waals surface area contributed by atoms with E-state index in [0.717, 1.165) is 0 Å². The first kappa shape index (κ1) is 12.7. The Balaban J connectivity index is 2.12. The van der Waals surface area contributed by atoms with E-state index in [1.54, 1.807) is 0 Å². The van der Waals surface area contributed by atoms with Gasteiger partial charge in [-0.3, -0.25) is 0 Å². The molecule has 0 aliphatic rings. The topological polar surface area (TPSA) is 3.88 Å². The van der Waals surface area contributed by atoms with E-state index in [1.807, 2.05) is 11.3 Å². The Bertz CT molecular complexity index is 278. The Kier molecular flexibility index (Phi) is 5.92. The van der Waals surface area contributed by atoms with E-state index in [9.17, 15) is 0 Å². The predicted octanol–water partition coefficient (Wildman–Crippen LogP) is 4.01. The molecule has 15 heavy (non-hydrogen) atoms. The van der Waals surface area contributed by atoms with Gasteiger partial charge in [0, 0.05) is 13.3 Å². The molecule has 0 aromatic carbocycles. The Hall–Kier alpha value is -0.370. The molecule has 1 heterocycles. The number of nitrogens with zero attached hydrogens (tertiary/aromatic N) is 1. The predicted molar refractivity (Wildman–Crippen MR) is 67.4 cm³/mol. The average Bonchev–Trinajstić information content (AvgIpc) is 2.54. The normalized spacial score (nSPS) is 10.9. The van der Waals surface area contributed by atoms with Crippen molar-refractivity contribution in [1.29, 1.82) is 0 Å². The van der Waals surface area contributed by atoms with Crippen molar-refractivity contribution in [3.63, 3.8) is 0 Å². The van der Waals surface area contributed by atoms with Crippen LogP contribution in [0.25, 0.3) is 0 Å². The van der Waals surface area contributed by atoms with E-state index in [1.165, 1.54) is 55.6 Å². The molecule has 0 N–H and O–H groups in total. The molecule has 1 aromatic rings. The molecule has 0 atom stereocenters. The van der Waals surface area contributed by atoms with E-state index in [2.05, 4.69) is 30.8 Å². The van der Waals surface area contributed by atoms with E-state index in [-0.39, 0.29) is 0 Å². The van der Waals surface area contributed by atoms with Gasteiger partial charge in [-0.25, -0.2) is 0 Å². The summed E-state index contributed by atoms with van der Waals surface area (Å²) in [4.78, 5) is 1.46. The number of unbranched alkanes of at least 4 members (excludes halogenated alkanes) is 5. The number of hydrogen-bond donors (Lipinski definition) is 0. The highest BCUT2D eigenvalue weighted by Crippen LogP contribution is 2.09. The molecular weight excluding hydrogens is 202 g/mol. The van der Waals surface area contributed by atoms with Crippen molar-refractivity contribution < 1.29 is 4.57 Å². The van der Waals surface area contributed by atoms with Gasteiger partial charge in [-0.1, -0.05) is 43.9 Å². The minimum absolute atomic E-state index is 1.21. The molecule has 0 unspecified atom stereocenters. The van der Waals surface area contributed by atoms with Crippen LogP contribution in [0.4, 0.5) is 0 Å². The molecule has 0 spiro atoms. The van der Waals surface area contributed by atoms with Crippen LogP contribution in [0, 0.1) is 13.8 Å². The number of thiazole rings is 1. The second kappa shape index (κ2) is 7.00. The number of aryl methyl sites for hydroxylation is 2. The lowest BCUT2D eigenvalue weighted by atomic mass is 10.1. The van der Waals surface area contributed by atoms with Gasteiger partial charge in [0.25, 0.3) is 0 Å². The molecule has 0 aliphatic heterocycles. The van der Waals surface area contributed by atoms with Crippen LogP contribution in [0.2, 0.25) is 0 Å². The van der Waals surface area contributed by atoms with Crippen molar-refractivity contribution >= 4 is 11.3 Å². The van der Waals surface area contributed by atoms with Gasteiger partial charge < -0.3 is 0 Å². The lowest BCUT2D eigenvalue weighted by Crippen LogP contribution is -2.34. The van der Waals surface area contributed by atoms with Gasteiger partial charge in [0.2, 0.25) is 5.51 Å². The monoisotopic (exact) mass is 226 g/mol. The maximum atomic E-state index is 2.40. The summed E-state index contributed by atoms with van der Waals surface area (Å²) in [6.07, 6.45) is 8.31. The van der Waals surface area contributed by atoms with Gasteiger partial charge >= 0.3 is 0 Å². The second-order valence-electron chi connectivity index (χ2n) is 4.33. The zero-order valence-corrected chi connectivity index (χ0v) is 11.2. The minimum atomic E-state index is 1.21. The van der Waals surface area contributed by atoms with Crippen molar-refractivity contribution in [2.24, 2.45) is 0 Å². The minimum Gasteiger partial charge on any atom is -0.193 e. The SMILES string of the molecule is CCCCCCCC[n+]1csc(C)c1C. The summed E-state index contributed by atoms with van der Waals surface area (Å²) >= 11 is 1.87. The second-order valence-corrected chi connectivity index (χ2v) is 5.38. The first-order chi connectivity index (χ1) is 7.25. The van der Waals surface area contributed by atoms with Crippen LogP contribution in [0.15, 0.2) is 5.51 Å². The van der Waals surface area contributed by atoms with Gasteiger partial charge in [-0.05, 0) is 13.3 Å².